The number of nitrogens with one attached hydrogen (secondary N) is 1. The Morgan fingerprint density at radius 2 is 2.08 bits per heavy atom. The number of aromatic nitrogens is 5. The van der Waals surface area contributed by atoms with E-state index in [4.69, 9.17) is 0 Å². The standard InChI is InChI=1S/C18H16N6O2/c1-11-4-3-5-17(21-11)24-14(9-16(19-2)22-24)12-6-7-23-15(8-12)13(10-20-23)18(25)26/h3-10H,1-2H3,(H,19,22)(H,25,26). The molecule has 0 fully saturated rings. The number of fused-ring (bicyclic) bond motifs is 1. The molecular weight excluding hydrogens is 332 g/mol. The van der Waals surface area contributed by atoms with Gasteiger partial charge in [0.05, 0.1) is 17.4 Å². The number of carboxylic acid groups (broad SMARTS) is 1. The molecule has 0 unspecified atom stereocenters. The lowest BCUT2D eigenvalue weighted by molar-refractivity contribution is 0.0699. The van der Waals surface area contributed by atoms with E-state index in [1.165, 1.54) is 10.7 Å². The van der Waals surface area contributed by atoms with Crippen molar-refractivity contribution in [1.29, 1.82) is 0 Å². The van der Waals surface area contributed by atoms with Crippen molar-refractivity contribution in [3.8, 4) is 17.1 Å². The SMILES string of the molecule is CNc1cc(-c2ccn3ncc(C(=O)O)c3c2)n(-c2cccc(C)n2)n1. The molecular formula is C18H16N6O2. The van der Waals surface area contributed by atoms with Crippen LogP contribution in [0.15, 0.2) is 48.8 Å². The Bertz CT molecular complexity index is 1130. The van der Waals surface area contributed by atoms with Crippen LogP contribution in [0.4, 0.5) is 5.82 Å². The van der Waals surface area contributed by atoms with Gasteiger partial charge in [0.25, 0.3) is 0 Å². The number of hydrogen-bond donors (Lipinski definition) is 2. The van der Waals surface area contributed by atoms with E-state index >= 15 is 0 Å². The number of pyridine rings is 2. The molecule has 0 atom stereocenters. The third kappa shape index (κ3) is 2.57. The predicted molar refractivity (Wildman–Crippen MR) is 96.8 cm³/mol. The summed E-state index contributed by atoms with van der Waals surface area (Å²) in [6.45, 7) is 1.92. The van der Waals surface area contributed by atoms with Gasteiger partial charge in [-0.2, -0.15) is 5.10 Å². The molecule has 8 heteroatoms. The van der Waals surface area contributed by atoms with Gasteiger partial charge < -0.3 is 10.4 Å². The Labute approximate surface area is 148 Å². The zero-order chi connectivity index (χ0) is 18.3. The summed E-state index contributed by atoms with van der Waals surface area (Å²) in [5.41, 5.74) is 3.17. The van der Waals surface area contributed by atoms with Crippen LogP contribution in [-0.4, -0.2) is 42.5 Å². The molecule has 0 aliphatic carbocycles. The van der Waals surface area contributed by atoms with Crippen LogP contribution in [0.2, 0.25) is 0 Å². The molecule has 4 aromatic rings. The first kappa shape index (κ1) is 15.8. The summed E-state index contributed by atoms with van der Waals surface area (Å²) < 4.78 is 3.28. The normalized spacial score (nSPS) is 11.0. The van der Waals surface area contributed by atoms with Crippen LogP contribution in [0.5, 0.6) is 0 Å². The zero-order valence-corrected chi connectivity index (χ0v) is 14.2. The van der Waals surface area contributed by atoms with Gasteiger partial charge in [0.2, 0.25) is 0 Å². The van der Waals surface area contributed by atoms with Crippen LogP contribution in [0.3, 0.4) is 0 Å². The van der Waals surface area contributed by atoms with Gasteiger partial charge in [0.15, 0.2) is 5.82 Å². The van der Waals surface area contributed by atoms with Crippen molar-refractivity contribution in [1.82, 2.24) is 24.4 Å². The van der Waals surface area contributed by atoms with Crippen LogP contribution in [0.1, 0.15) is 16.1 Å². The van der Waals surface area contributed by atoms with Gasteiger partial charge in [-0.1, -0.05) is 6.07 Å². The Kier molecular flexibility index (Phi) is 3.65. The van der Waals surface area contributed by atoms with Crippen molar-refractivity contribution >= 4 is 17.3 Å². The van der Waals surface area contributed by atoms with Crippen LogP contribution >= 0.6 is 0 Å². The summed E-state index contributed by atoms with van der Waals surface area (Å²) in [4.78, 5) is 15.9. The Balaban J connectivity index is 1.92. The van der Waals surface area contributed by atoms with Crippen molar-refractivity contribution in [2.24, 2.45) is 0 Å². The van der Waals surface area contributed by atoms with Crippen molar-refractivity contribution < 1.29 is 9.90 Å². The monoisotopic (exact) mass is 348 g/mol. The van der Waals surface area contributed by atoms with Gasteiger partial charge in [0.1, 0.15) is 11.4 Å². The smallest absolute Gasteiger partial charge is 0.339 e. The molecule has 0 amide bonds. The average molecular weight is 348 g/mol. The second-order valence-corrected chi connectivity index (χ2v) is 5.82. The molecule has 4 aromatic heterocycles. The number of anilines is 1. The Morgan fingerprint density at radius 1 is 1.23 bits per heavy atom. The molecule has 0 spiro atoms. The van der Waals surface area contributed by atoms with Crippen LogP contribution < -0.4 is 5.32 Å². The molecule has 0 aliphatic heterocycles. The van der Waals surface area contributed by atoms with Gasteiger partial charge >= 0.3 is 5.97 Å². The fraction of sp³-hybridized carbons (Fsp3) is 0.111. The van der Waals surface area contributed by atoms with Gasteiger partial charge in [0, 0.05) is 30.6 Å². The molecule has 0 saturated heterocycles. The minimum absolute atomic E-state index is 0.153. The van der Waals surface area contributed by atoms with Crippen molar-refractivity contribution in [2.45, 2.75) is 6.92 Å². The Morgan fingerprint density at radius 3 is 2.81 bits per heavy atom. The quantitative estimate of drug-likeness (QED) is 0.588. The fourth-order valence-corrected chi connectivity index (χ4v) is 2.83. The van der Waals surface area contributed by atoms with E-state index in [0.717, 1.165) is 17.0 Å². The third-order valence-electron chi connectivity index (χ3n) is 4.10. The molecule has 0 bridgehead atoms. The van der Waals surface area contributed by atoms with Gasteiger partial charge in [-0.3, -0.25) is 0 Å². The molecule has 4 rings (SSSR count). The molecule has 130 valence electrons. The maximum Gasteiger partial charge on any atom is 0.339 e. The van der Waals surface area contributed by atoms with E-state index in [9.17, 15) is 9.90 Å². The van der Waals surface area contributed by atoms with Crippen LogP contribution in [0, 0.1) is 6.92 Å². The van der Waals surface area contributed by atoms with Gasteiger partial charge in [-0.15, -0.1) is 5.10 Å². The molecule has 2 N–H and O–H groups in total. The first-order chi connectivity index (χ1) is 12.6. The summed E-state index contributed by atoms with van der Waals surface area (Å²) in [5, 5.41) is 21.0. The van der Waals surface area contributed by atoms with Crippen molar-refractivity contribution in [3.05, 3.63) is 60.0 Å². The van der Waals surface area contributed by atoms with Gasteiger partial charge in [-0.05, 0) is 31.2 Å². The predicted octanol–water partition coefficient (Wildman–Crippen LogP) is 2.63. The number of carboxylic acids is 1. The first-order valence-corrected chi connectivity index (χ1v) is 8.00. The summed E-state index contributed by atoms with van der Waals surface area (Å²) in [5.74, 6) is 0.366. The highest BCUT2D eigenvalue weighted by molar-refractivity contribution is 5.96. The second kappa shape index (κ2) is 5.99. The maximum absolute atomic E-state index is 11.4. The number of aryl methyl sites for hydroxylation is 1. The summed E-state index contributed by atoms with van der Waals surface area (Å²) >= 11 is 0. The molecule has 4 heterocycles. The van der Waals surface area contributed by atoms with Gasteiger partial charge in [-0.25, -0.2) is 19.0 Å². The number of hydrogen-bond acceptors (Lipinski definition) is 5. The van der Waals surface area contributed by atoms with E-state index in [1.807, 2.05) is 37.3 Å². The minimum atomic E-state index is -1.01. The average Bonchev–Trinajstić information content (AvgIpc) is 3.25. The fourth-order valence-electron chi connectivity index (χ4n) is 2.83. The highest BCUT2D eigenvalue weighted by Crippen LogP contribution is 2.27. The number of aromatic carboxylic acids is 1. The number of carbonyl (C=O) groups is 1. The highest BCUT2D eigenvalue weighted by Gasteiger charge is 2.16. The lowest BCUT2D eigenvalue weighted by Crippen LogP contribution is -2.03. The summed E-state index contributed by atoms with van der Waals surface area (Å²) in [7, 11) is 1.79. The molecule has 8 nitrogen and oxygen atoms in total. The molecule has 0 aromatic carbocycles. The van der Waals surface area contributed by atoms with Crippen molar-refractivity contribution in [3.63, 3.8) is 0 Å². The zero-order valence-electron chi connectivity index (χ0n) is 14.2. The Hall–Kier alpha value is -3.68. The van der Waals surface area contributed by atoms with E-state index in [2.05, 4.69) is 20.5 Å². The summed E-state index contributed by atoms with van der Waals surface area (Å²) in [6, 6.07) is 11.3. The maximum atomic E-state index is 11.4. The summed E-state index contributed by atoms with van der Waals surface area (Å²) in [6.07, 6.45) is 3.08. The topological polar surface area (TPSA) is 97.3 Å². The largest absolute Gasteiger partial charge is 0.478 e. The van der Waals surface area contributed by atoms with E-state index < -0.39 is 5.97 Å². The number of nitrogens with zero attached hydrogens (tertiary/aromatic N) is 5. The van der Waals surface area contributed by atoms with E-state index in [1.54, 1.807) is 24.0 Å². The first-order valence-electron chi connectivity index (χ1n) is 8.00. The third-order valence-corrected chi connectivity index (χ3v) is 4.10. The second-order valence-electron chi connectivity index (χ2n) is 5.82. The number of rotatable bonds is 4. The highest BCUT2D eigenvalue weighted by atomic mass is 16.4. The molecule has 0 saturated carbocycles. The van der Waals surface area contributed by atoms with Crippen LogP contribution in [-0.2, 0) is 0 Å². The van der Waals surface area contributed by atoms with E-state index in [0.29, 0.717) is 17.2 Å². The van der Waals surface area contributed by atoms with Crippen LogP contribution in [0.25, 0.3) is 22.6 Å². The molecule has 0 radical (unpaired) electrons. The minimum Gasteiger partial charge on any atom is -0.478 e. The lowest BCUT2D eigenvalue weighted by Gasteiger charge is -2.08. The lowest BCUT2D eigenvalue weighted by atomic mass is 10.1. The molecule has 0 aliphatic rings. The van der Waals surface area contributed by atoms with Crippen molar-refractivity contribution in [2.75, 3.05) is 12.4 Å². The molecule has 26 heavy (non-hydrogen) atoms. The van der Waals surface area contributed by atoms with E-state index in [-0.39, 0.29) is 5.56 Å².